The Morgan fingerprint density at radius 2 is 2.29 bits per heavy atom. The molecule has 0 fully saturated rings. The Bertz CT molecular complexity index is 352. The quantitative estimate of drug-likeness (QED) is 0.722. The molecular weight excluding hydrogens is 177 g/mol. The first-order valence-corrected chi connectivity index (χ1v) is 4.58. The lowest BCUT2D eigenvalue weighted by Crippen LogP contribution is -2.23. The summed E-state index contributed by atoms with van der Waals surface area (Å²) in [7, 11) is 0. The maximum atomic E-state index is 12.8. The molecule has 1 atom stereocenters. The van der Waals surface area contributed by atoms with Gasteiger partial charge in [0.25, 0.3) is 0 Å². The molecule has 14 heavy (non-hydrogen) atoms. The molecule has 0 amide bonds. The van der Waals surface area contributed by atoms with Gasteiger partial charge in [0, 0.05) is 6.54 Å². The SMILES string of the molecule is C#CC(C)NCc1ccc(F)cc1C. The van der Waals surface area contributed by atoms with Crippen molar-refractivity contribution in [2.24, 2.45) is 0 Å². The Morgan fingerprint density at radius 3 is 2.86 bits per heavy atom. The van der Waals surface area contributed by atoms with E-state index in [-0.39, 0.29) is 11.9 Å². The van der Waals surface area contributed by atoms with Crippen molar-refractivity contribution in [1.29, 1.82) is 0 Å². The fourth-order valence-corrected chi connectivity index (χ4v) is 1.18. The lowest BCUT2D eigenvalue weighted by atomic mass is 10.1. The van der Waals surface area contributed by atoms with Crippen molar-refractivity contribution in [3.63, 3.8) is 0 Å². The Labute approximate surface area is 84.3 Å². The molecule has 1 aromatic rings. The highest BCUT2D eigenvalue weighted by Crippen LogP contribution is 2.09. The molecule has 1 unspecified atom stereocenters. The second kappa shape index (κ2) is 4.78. The lowest BCUT2D eigenvalue weighted by Gasteiger charge is -2.09. The number of terminal acetylenes is 1. The van der Waals surface area contributed by atoms with Crippen LogP contribution in [0.25, 0.3) is 0 Å². The first kappa shape index (κ1) is 10.7. The van der Waals surface area contributed by atoms with Crippen LogP contribution in [0.5, 0.6) is 0 Å². The second-order valence-corrected chi connectivity index (χ2v) is 3.34. The Kier molecular flexibility index (Phi) is 3.67. The van der Waals surface area contributed by atoms with Crippen LogP contribution in [0, 0.1) is 25.1 Å². The maximum absolute atomic E-state index is 12.8. The molecular formula is C12H14FN. The second-order valence-electron chi connectivity index (χ2n) is 3.34. The Morgan fingerprint density at radius 1 is 1.57 bits per heavy atom. The third-order valence-corrected chi connectivity index (χ3v) is 2.15. The molecule has 1 N–H and O–H groups in total. The minimum absolute atomic E-state index is 0.0412. The van der Waals surface area contributed by atoms with Crippen LogP contribution < -0.4 is 5.32 Å². The van der Waals surface area contributed by atoms with Gasteiger partial charge in [0.15, 0.2) is 0 Å². The van der Waals surface area contributed by atoms with E-state index in [0.29, 0.717) is 6.54 Å². The van der Waals surface area contributed by atoms with Gasteiger partial charge in [-0.2, -0.15) is 0 Å². The van der Waals surface area contributed by atoms with Crippen molar-refractivity contribution in [3.8, 4) is 12.3 Å². The summed E-state index contributed by atoms with van der Waals surface area (Å²) in [6.45, 7) is 4.48. The third kappa shape index (κ3) is 2.86. The zero-order chi connectivity index (χ0) is 10.6. The van der Waals surface area contributed by atoms with Gasteiger partial charge in [0.1, 0.15) is 5.82 Å². The van der Waals surface area contributed by atoms with Crippen LogP contribution in [0.1, 0.15) is 18.1 Å². The Hall–Kier alpha value is -1.33. The lowest BCUT2D eigenvalue weighted by molar-refractivity contribution is 0.619. The molecule has 0 saturated heterocycles. The summed E-state index contributed by atoms with van der Waals surface area (Å²) in [5, 5.41) is 3.15. The van der Waals surface area contributed by atoms with Crippen molar-refractivity contribution in [1.82, 2.24) is 5.32 Å². The van der Waals surface area contributed by atoms with Gasteiger partial charge in [-0.15, -0.1) is 6.42 Å². The molecule has 0 aromatic heterocycles. The molecule has 1 aromatic carbocycles. The van der Waals surface area contributed by atoms with E-state index >= 15 is 0 Å². The summed E-state index contributed by atoms with van der Waals surface area (Å²) in [5.74, 6) is 2.38. The topological polar surface area (TPSA) is 12.0 Å². The fraction of sp³-hybridized carbons (Fsp3) is 0.333. The van der Waals surface area contributed by atoms with E-state index in [1.165, 1.54) is 12.1 Å². The van der Waals surface area contributed by atoms with E-state index in [1.807, 2.05) is 13.8 Å². The average Bonchev–Trinajstić information content (AvgIpc) is 2.16. The van der Waals surface area contributed by atoms with E-state index in [4.69, 9.17) is 6.42 Å². The average molecular weight is 191 g/mol. The maximum Gasteiger partial charge on any atom is 0.123 e. The van der Waals surface area contributed by atoms with Crippen LogP contribution in [0.2, 0.25) is 0 Å². The number of hydrogen-bond donors (Lipinski definition) is 1. The number of hydrogen-bond acceptors (Lipinski definition) is 1. The number of halogens is 1. The van der Waals surface area contributed by atoms with Gasteiger partial charge in [-0.05, 0) is 37.1 Å². The van der Waals surface area contributed by atoms with Crippen molar-refractivity contribution >= 4 is 0 Å². The van der Waals surface area contributed by atoms with Crippen molar-refractivity contribution in [2.45, 2.75) is 26.4 Å². The molecule has 0 bridgehead atoms. The van der Waals surface area contributed by atoms with Crippen LogP contribution in [0.4, 0.5) is 4.39 Å². The summed E-state index contributed by atoms with van der Waals surface area (Å²) in [6, 6.07) is 4.81. The zero-order valence-corrected chi connectivity index (χ0v) is 8.47. The molecule has 0 radical (unpaired) electrons. The van der Waals surface area contributed by atoms with Crippen LogP contribution in [-0.4, -0.2) is 6.04 Å². The van der Waals surface area contributed by atoms with Gasteiger partial charge in [0.2, 0.25) is 0 Å². The summed E-state index contributed by atoms with van der Waals surface area (Å²) in [4.78, 5) is 0. The van der Waals surface area contributed by atoms with E-state index in [0.717, 1.165) is 11.1 Å². The van der Waals surface area contributed by atoms with Crippen LogP contribution in [-0.2, 0) is 6.54 Å². The van der Waals surface area contributed by atoms with Gasteiger partial charge in [-0.3, -0.25) is 5.32 Å². The van der Waals surface area contributed by atoms with Gasteiger partial charge in [0.05, 0.1) is 6.04 Å². The highest BCUT2D eigenvalue weighted by Gasteiger charge is 2.01. The summed E-state index contributed by atoms with van der Waals surface area (Å²) in [5.41, 5.74) is 2.02. The number of aryl methyl sites for hydroxylation is 1. The fourth-order valence-electron chi connectivity index (χ4n) is 1.18. The molecule has 0 heterocycles. The molecule has 0 aliphatic rings. The molecule has 0 aliphatic heterocycles. The van der Waals surface area contributed by atoms with Gasteiger partial charge >= 0.3 is 0 Å². The summed E-state index contributed by atoms with van der Waals surface area (Å²) in [6.07, 6.45) is 5.23. The zero-order valence-electron chi connectivity index (χ0n) is 8.47. The molecule has 74 valence electrons. The van der Waals surface area contributed by atoms with E-state index < -0.39 is 0 Å². The Balaban J connectivity index is 2.64. The predicted octanol–water partition coefficient (Wildman–Crippen LogP) is 2.25. The van der Waals surface area contributed by atoms with Gasteiger partial charge in [-0.1, -0.05) is 12.0 Å². The van der Waals surface area contributed by atoms with E-state index in [9.17, 15) is 4.39 Å². The summed E-state index contributed by atoms with van der Waals surface area (Å²) >= 11 is 0. The highest BCUT2D eigenvalue weighted by atomic mass is 19.1. The molecule has 0 saturated carbocycles. The number of benzene rings is 1. The monoisotopic (exact) mass is 191 g/mol. The van der Waals surface area contributed by atoms with Crippen LogP contribution in [0.3, 0.4) is 0 Å². The largest absolute Gasteiger partial charge is 0.300 e. The van der Waals surface area contributed by atoms with Crippen LogP contribution >= 0.6 is 0 Å². The first-order chi connectivity index (χ1) is 6.63. The van der Waals surface area contributed by atoms with Crippen LogP contribution in [0.15, 0.2) is 18.2 Å². The van der Waals surface area contributed by atoms with E-state index in [1.54, 1.807) is 6.07 Å². The number of nitrogens with one attached hydrogen (secondary N) is 1. The summed E-state index contributed by atoms with van der Waals surface area (Å²) < 4.78 is 12.8. The number of rotatable bonds is 3. The standard InChI is InChI=1S/C12H14FN/c1-4-10(3)14-8-11-5-6-12(13)7-9(11)2/h1,5-7,10,14H,8H2,2-3H3. The molecule has 1 rings (SSSR count). The molecule has 0 aliphatic carbocycles. The predicted molar refractivity (Wildman–Crippen MR) is 56.3 cm³/mol. The normalized spacial score (nSPS) is 12.1. The van der Waals surface area contributed by atoms with Crippen molar-refractivity contribution in [3.05, 3.63) is 35.1 Å². The smallest absolute Gasteiger partial charge is 0.123 e. The van der Waals surface area contributed by atoms with Gasteiger partial charge in [-0.25, -0.2) is 4.39 Å². The van der Waals surface area contributed by atoms with Crippen molar-refractivity contribution < 1.29 is 4.39 Å². The molecule has 2 heteroatoms. The van der Waals surface area contributed by atoms with E-state index in [2.05, 4.69) is 11.2 Å². The first-order valence-electron chi connectivity index (χ1n) is 4.58. The third-order valence-electron chi connectivity index (χ3n) is 2.15. The van der Waals surface area contributed by atoms with Gasteiger partial charge < -0.3 is 0 Å². The molecule has 0 spiro atoms. The minimum atomic E-state index is -0.198. The van der Waals surface area contributed by atoms with Crippen molar-refractivity contribution in [2.75, 3.05) is 0 Å². The minimum Gasteiger partial charge on any atom is -0.300 e. The highest BCUT2D eigenvalue weighted by molar-refractivity contribution is 5.26. The molecule has 1 nitrogen and oxygen atoms in total.